The Labute approximate surface area is 147 Å². The van der Waals surface area contributed by atoms with E-state index in [1.54, 1.807) is 6.20 Å². The summed E-state index contributed by atoms with van der Waals surface area (Å²) in [4.78, 5) is 22.9. The highest BCUT2D eigenvalue weighted by Crippen LogP contribution is 2.20. The van der Waals surface area contributed by atoms with Gasteiger partial charge in [-0.1, -0.05) is 23.7 Å². The molecule has 0 bridgehead atoms. The number of carbonyl (C=O) groups is 1. The second-order valence-electron chi connectivity index (χ2n) is 5.99. The molecule has 6 heteroatoms. The van der Waals surface area contributed by atoms with Crippen LogP contribution in [0.4, 0.5) is 0 Å². The summed E-state index contributed by atoms with van der Waals surface area (Å²) >= 11 is 5.94. The van der Waals surface area contributed by atoms with E-state index in [0.717, 1.165) is 35.2 Å². The number of hydrogen-bond donors (Lipinski definition) is 1. The van der Waals surface area contributed by atoms with Crippen LogP contribution in [-0.2, 0) is 11.2 Å². The zero-order valence-electron chi connectivity index (χ0n) is 13.7. The third-order valence-electron chi connectivity index (χ3n) is 4.23. The van der Waals surface area contributed by atoms with Gasteiger partial charge in [-0.25, -0.2) is 9.97 Å². The summed E-state index contributed by atoms with van der Waals surface area (Å²) in [5.74, 6) is 0.914. The quantitative estimate of drug-likeness (QED) is 0.926. The minimum Gasteiger partial charge on any atom is -0.340 e. The fourth-order valence-corrected chi connectivity index (χ4v) is 3.06. The van der Waals surface area contributed by atoms with Crippen molar-refractivity contribution in [3.63, 3.8) is 0 Å². The van der Waals surface area contributed by atoms with Crippen LogP contribution in [0.2, 0.25) is 5.02 Å². The van der Waals surface area contributed by atoms with Gasteiger partial charge in [0.2, 0.25) is 5.91 Å². The van der Waals surface area contributed by atoms with Gasteiger partial charge in [0.05, 0.1) is 0 Å². The maximum absolute atomic E-state index is 12.5. The Hall–Kier alpha value is -1.98. The van der Waals surface area contributed by atoms with Crippen LogP contribution in [-0.4, -0.2) is 40.4 Å². The van der Waals surface area contributed by atoms with E-state index in [9.17, 15) is 4.79 Å². The first kappa shape index (κ1) is 16.9. The Morgan fingerprint density at radius 1 is 1.33 bits per heavy atom. The summed E-state index contributed by atoms with van der Waals surface area (Å²) < 4.78 is 0. The van der Waals surface area contributed by atoms with Crippen LogP contribution in [0.25, 0.3) is 0 Å². The summed E-state index contributed by atoms with van der Waals surface area (Å²) in [5, 5.41) is 4.19. The van der Waals surface area contributed by atoms with E-state index in [2.05, 4.69) is 15.3 Å². The smallest absolute Gasteiger partial charge is 0.223 e. The van der Waals surface area contributed by atoms with E-state index in [-0.39, 0.29) is 11.9 Å². The third-order valence-corrected chi connectivity index (χ3v) is 4.48. The molecular weight excluding hydrogens is 324 g/mol. The van der Waals surface area contributed by atoms with Crippen molar-refractivity contribution in [3.05, 3.63) is 58.6 Å². The van der Waals surface area contributed by atoms with Gasteiger partial charge in [-0.15, -0.1) is 0 Å². The van der Waals surface area contributed by atoms with Crippen LogP contribution in [0, 0.1) is 6.92 Å². The summed E-state index contributed by atoms with van der Waals surface area (Å²) in [6, 6.07) is 9.82. The highest BCUT2D eigenvalue weighted by atomic mass is 35.5. The number of aryl methyl sites for hydroxylation is 2. The number of aromatic nitrogens is 2. The van der Waals surface area contributed by atoms with Crippen LogP contribution < -0.4 is 5.32 Å². The van der Waals surface area contributed by atoms with Crippen molar-refractivity contribution in [2.75, 3.05) is 19.6 Å². The molecule has 0 radical (unpaired) electrons. The average Bonchev–Trinajstić information content (AvgIpc) is 2.60. The standard InChI is InChI=1S/C18H21ClN4O/c1-13-20-9-8-16(22-13)6-7-18(24)23-11-10-21-17(12-23)14-2-4-15(19)5-3-14/h2-5,8-9,17,21H,6-7,10-12H2,1H3. The summed E-state index contributed by atoms with van der Waals surface area (Å²) in [7, 11) is 0. The maximum Gasteiger partial charge on any atom is 0.223 e. The Morgan fingerprint density at radius 2 is 2.12 bits per heavy atom. The van der Waals surface area contributed by atoms with E-state index < -0.39 is 0 Å². The number of benzene rings is 1. The lowest BCUT2D eigenvalue weighted by Gasteiger charge is -2.34. The van der Waals surface area contributed by atoms with E-state index >= 15 is 0 Å². The van der Waals surface area contributed by atoms with Gasteiger partial charge in [0.1, 0.15) is 5.82 Å². The molecule has 3 rings (SSSR count). The van der Waals surface area contributed by atoms with E-state index in [4.69, 9.17) is 11.6 Å². The van der Waals surface area contributed by atoms with Crippen molar-refractivity contribution in [2.45, 2.75) is 25.8 Å². The minimum absolute atomic E-state index is 0.154. The second kappa shape index (κ2) is 7.73. The number of nitrogens with one attached hydrogen (secondary N) is 1. The third kappa shape index (κ3) is 4.30. The molecule has 1 N–H and O–H groups in total. The normalized spacial score (nSPS) is 17.8. The molecule has 1 saturated heterocycles. The van der Waals surface area contributed by atoms with Crippen molar-refractivity contribution in [1.29, 1.82) is 0 Å². The fourth-order valence-electron chi connectivity index (χ4n) is 2.93. The van der Waals surface area contributed by atoms with Gasteiger partial charge in [0.15, 0.2) is 0 Å². The summed E-state index contributed by atoms with van der Waals surface area (Å²) in [6.45, 7) is 4.08. The molecule has 0 saturated carbocycles. The first-order chi connectivity index (χ1) is 11.6. The van der Waals surface area contributed by atoms with Gasteiger partial charge in [0, 0.05) is 49.0 Å². The molecular formula is C18H21ClN4O. The molecule has 1 unspecified atom stereocenters. The van der Waals surface area contributed by atoms with Crippen molar-refractivity contribution < 1.29 is 4.79 Å². The molecule has 0 aliphatic carbocycles. The van der Waals surface area contributed by atoms with Crippen molar-refractivity contribution >= 4 is 17.5 Å². The lowest BCUT2D eigenvalue weighted by atomic mass is 10.0. The summed E-state index contributed by atoms with van der Waals surface area (Å²) in [5.41, 5.74) is 2.07. The van der Waals surface area contributed by atoms with Crippen LogP contribution in [0.5, 0.6) is 0 Å². The number of rotatable bonds is 4. The summed E-state index contributed by atoms with van der Waals surface area (Å²) in [6.07, 6.45) is 2.87. The van der Waals surface area contributed by atoms with Crippen molar-refractivity contribution in [1.82, 2.24) is 20.2 Å². The van der Waals surface area contributed by atoms with Gasteiger partial charge in [-0.2, -0.15) is 0 Å². The first-order valence-electron chi connectivity index (χ1n) is 8.17. The van der Waals surface area contributed by atoms with E-state index in [0.29, 0.717) is 19.4 Å². The van der Waals surface area contributed by atoms with Crippen molar-refractivity contribution in [3.8, 4) is 0 Å². The van der Waals surface area contributed by atoms with Crippen molar-refractivity contribution in [2.24, 2.45) is 0 Å². The monoisotopic (exact) mass is 344 g/mol. The molecule has 1 aliphatic heterocycles. The number of piperazine rings is 1. The molecule has 1 atom stereocenters. The molecule has 0 spiro atoms. The highest BCUT2D eigenvalue weighted by Gasteiger charge is 2.24. The van der Waals surface area contributed by atoms with Gasteiger partial charge in [-0.3, -0.25) is 4.79 Å². The van der Waals surface area contributed by atoms with Gasteiger partial charge in [0.25, 0.3) is 0 Å². The lowest BCUT2D eigenvalue weighted by Crippen LogP contribution is -2.48. The molecule has 126 valence electrons. The van der Waals surface area contributed by atoms with Crippen LogP contribution in [0.15, 0.2) is 36.5 Å². The molecule has 24 heavy (non-hydrogen) atoms. The number of nitrogens with zero attached hydrogens (tertiary/aromatic N) is 3. The Bertz CT molecular complexity index is 704. The fraction of sp³-hybridized carbons (Fsp3) is 0.389. The van der Waals surface area contributed by atoms with Crippen LogP contribution >= 0.6 is 11.6 Å². The van der Waals surface area contributed by atoms with E-state index in [1.165, 1.54) is 0 Å². The lowest BCUT2D eigenvalue weighted by molar-refractivity contribution is -0.132. The largest absolute Gasteiger partial charge is 0.340 e. The van der Waals surface area contributed by atoms with Gasteiger partial charge >= 0.3 is 0 Å². The zero-order valence-corrected chi connectivity index (χ0v) is 14.5. The molecule has 2 aromatic rings. The number of hydrogen-bond acceptors (Lipinski definition) is 4. The average molecular weight is 345 g/mol. The Kier molecular flexibility index (Phi) is 5.43. The first-order valence-corrected chi connectivity index (χ1v) is 8.55. The molecule has 5 nitrogen and oxygen atoms in total. The second-order valence-corrected chi connectivity index (χ2v) is 6.43. The van der Waals surface area contributed by atoms with Gasteiger partial charge < -0.3 is 10.2 Å². The van der Waals surface area contributed by atoms with Gasteiger partial charge in [-0.05, 0) is 37.1 Å². The molecule has 1 aromatic heterocycles. The topological polar surface area (TPSA) is 58.1 Å². The molecule has 1 aliphatic rings. The number of halogens is 1. The predicted octanol–water partition coefficient (Wildman–Crippen LogP) is 2.54. The molecule has 1 fully saturated rings. The highest BCUT2D eigenvalue weighted by molar-refractivity contribution is 6.30. The molecule has 2 heterocycles. The van der Waals surface area contributed by atoms with Crippen LogP contribution in [0.1, 0.15) is 29.5 Å². The maximum atomic E-state index is 12.5. The Balaban J connectivity index is 1.57. The number of carbonyl (C=O) groups excluding carboxylic acids is 1. The number of amides is 1. The molecule has 1 amide bonds. The minimum atomic E-state index is 0.154. The zero-order chi connectivity index (χ0) is 16.9. The SMILES string of the molecule is Cc1nccc(CCC(=O)N2CCNC(c3ccc(Cl)cc3)C2)n1. The molecule has 1 aromatic carbocycles. The van der Waals surface area contributed by atoms with Crippen LogP contribution in [0.3, 0.4) is 0 Å². The Morgan fingerprint density at radius 3 is 2.88 bits per heavy atom. The predicted molar refractivity (Wildman–Crippen MR) is 93.9 cm³/mol. The van der Waals surface area contributed by atoms with E-state index in [1.807, 2.05) is 42.2 Å².